The zero-order chi connectivity index (χ0) is 14.7. The van der Waals surface area contributed by atoms with Gasteiger partial charge in [-0.2, -0.15) is 11.8 Å². The smallest absolute Gasteiger partial charge is 0.255 e. The summed E-state index contributed by atoms with van der Waals surface area (Å²) in [6.07, 6.45) is 3.68. The highest BCUT2D eigenvalue weighted by Crippen LogP contribution is 2.29. The molecule has 0 radical (unpaired) electrons. The molecule has 0 bridgehead atoms. The SMILES string of the molecule is O=C(NCC1CCCCS1)c1ccc2ccccc2c1O. The van der Waals surface area contributed by atoms with Crippen molar-refractivity contribution < 1.29 is 9.90 Å². The van der Waals surface area contributed by atoms with Crippen LogP contribution < -0.4 is 5.32 Å². The van der Waals surface area contributed by atoms with E-state index in [0.29, 0.717) is 17.4 Å². The summed E-state index contributed by atoms with van der Waals surface area (Å²) >= 11 is 1.93. The van der Waals surface area contributed by atoms with Gasteiger partial charge in [0.1, 0.15) is 5.75 Å². The van der Waals surface area contributed by atoms with Crippen LogP contribution in [0.4, 0.5) is 0 Å². The molecule has 1 aliphatic heterocycles. The molecule has 0 aromatic heterocycles. The number of phenols is 1. The second-order valence-corrected chi connectivity index (χ2v) is 6.79. The van der Waals surface area contributed by atoms with Crippen LogP contribution in [0.1, 0.15) is 29.6 Å². The lowest BCUT2D eigenvalue weighted by atomic mass is 10.0. The average Bonchev–Trinajstić information content (AvgIpc) is 2.54. The number of aromatic hydroxyl groups is 1. The Kier molecular flexibility index (Phi) is 4.34. The fourth-order valence-corrected chi connectivity index (χ4v) is 3.95. The van der Waals surface area contributed by atoms with Crippen molar-refractivity contribution in [3.8, 4) is 5.75 Å². The highest BCUT2D eigenvalue weighted by atomic mass is 32.2. The molecule has 2 aromatic carbocycles. The van der Waals surface area contributed by atoms with E-state index >= 15 is 0 Å². The van der Waals surface area contributed by atoms with Crippen LogP contribution in [0, 0.1) is 0 Å². The molecule has 4 heteroatoms. The predicted octanol–water partition coefficient (Wildman–Crippen LogP) is 3.56. The highest BCUT2D eigenvalue weighted by Gasteiger charge is 2.17. The fraction of sp³-hybridized carbons (Fsp3) is 0.353. The average molecular weight is 301 g/mol. The van der Waals surface area contributed by atoms with Gasteiger partial charge in [0.2, 0.25) is 0 Å². The van der Waals surface area contributed by atoms with Crippen LogP contribution in [0.25, 0.3) is 10.8 Å². The molecule has 1 fully saturated rings. The molecular formula is C17H19NO2S. The number of phenolic OH excluding ortho intramolecular Hbond substituents is 1. The molecule has 0 spiro atoms. The number of amides is 1. The van der Waals surface area contributed by atoms with Crippen LogP contribution in [0.5, 0.6) is 5.75 Å². The quantitative estimate of drug-likeness (QED) is 0.911. The van der Waals surface area contributed by atoms with Crippen molar-refractivity contribution in [2.75, 3.05) is 12.3 Å². The van der Waals surface area contributed by atoms with Crippen LogP contribution in [0.15, 0.2) is 36.4 Å². The maximum absolute atomic E-state index is 12.3. The minimum absolute atomic E-state index is 0.0712. The molecule has 110 valence electrons. The third-order valence-electron chi connectivity index (χ3n) is 3.91. The number of hydrogen-bond acceptors (Lipinski definition) is 3. The van der Waals surface area contributed by atoms with E-state index in [9.17, 15) is 9.90 Å². The Labute approximate surface area is 128 Å². The molecular weight excluding hydrogens is 282 g/mol. The van der Waals surface area contributed by atoms with E-state index in [1.165, 1.54) is 18.6 Å². The van der Waals surface area contributed by atoms with E-state index in [1.807, 2.05) is 42.1 Å². The molecule has 1 saturated heterocycles. The van der Waals surface area contributed by atoms with Crippen molar-refractivity contribution in [1.29, 1.82) is 0 Å². The molecule has 1 atom stereocenters. The number of carbonyl (C=O) groups is 1. The first kappa shape index (κ1) is 14.3. The molecule has 0 aliphatic carbocycles. The molecule has 1 heterocycles. The monoisotopic (exact) mass is 301 g/mol. The molecule has 1 aliphatic rings. The third-order valence-corrected chi connectivity index (χ3v) is 5.31. The van der Waals surface area contributed by atoms with Gasteiger partial charge in [-0.25, -0.2) is 0 Å². The highest BCUT2D eigenvalue weighted by molar-refractivity contribution is 7.99. The lowest BCUT2D eigenvalue weighted by Gasteiger charge is -2.21. The summed E-state index contributed by atoms with van der Waals surface area (Å²) in [5, 5.41) is 15.4. The minimum atomic E-state index is -0.190. The molecule has 1 unspecified atom stereocenters. The van der Waals surface area contributed by atoms with Gasteiger partial charge in [-0.3, -0.25) is 4.79 Å². The Hall–Kier alpha value is -1.68. The Balaban J connectivity index is 1.73. The topological polar surface area (TPSA) is 49.3 Å². The normalized spacial score (nSPS) is 18.6. The second-order valence-electron chi connectivity index (χ2n) is 5.38. The lowest BCUT2D eigenvalue weighted by molar-refractivity contribution is 0.0951. The van der Waals surface area contributed by atoms with Crippen LogP contribution in [-0.2, 0) is 0 Å². The summed E-state index contributed by atoms with van der Waals surface area (Å²) in [6, 6.07) is 11.1. The van der Waals surface area contributed by atoms with Crippen molar-refractivity contribution in [1.82, 2.24) is 5.32 Å². The Morgan fingerprint density at radius 3 is 2.90 bits per heavy atom. The summed E-state index contributed by atoms with van der Waals surface area (Å²) in [7, 11) is 0. The number of rotatable bonds is 3. The van der Waals surface area contributed by atoms with Crippen LogP contribution in [0.2, 0.25) is 0 Å². The van der Waals surface area contributed by atoms with E-state index in [-0.39, 0.29) is 11.7 Å². The Bertz CT molecular complexity index is 650. The first-order valence-corrected chi connectivity index (χ1v) is 8.41. The molecule has 21 heavy (non-hydrogen) atoms. The van der Waals surface area contributed by atoms with E-state index in [2.05, 4.69) is 5.32 Å². The van der Waals surface area contributed by atoms with E-state index in [1.54, 1.807) is 6.07 Å². The van der Waals surface area contributed by atoms with Gasteiger partial charge in [-0.15, -0.1) is 0 Å². The van der Waals surface area contributed by atoms with E-state index < -0.39 is 0 Å². The first-order chi connectivity index (χ1) is 10.3. The summed E-state index contributed by atoms with van der Waals surface area (Å²) in [5.41, 5.74) is 0.356. The van der Waals surface area contributed by atoms with Gasteiger partial charge >= 0.3 is 0 Å². The van der Waals surface area contributed by atoms with Gasteiger partial charge < -0.3 is 10.4 Å². The van der Waals surface area contributed by atoms with Gasteiger partial charge in [-0.1, -0.05) is 36.8 Å². The summed E-state index contributed by atoms with van der Waals surface area (Å²) in [6.45, 7) is 0.676. The second kappa shape index (κ2) is 6.39. The molecule has 0 saturated carbocycles. The number of nitrogens with one attached hydrogen (secondary N) is 1. The van der Waals surface area contributed by atoms with Crippen molar-refractivity contribution in [2.45, 2.75) is 24.5 Å². The Morgan fingerprint density at radius 1 is 1.24 bits per heavy atom. The minimum Gasteiger partial charge on any atom is -0.506 e. The molecule has 2 N–H and O–H groups in total. The van der Waals surface area contributed by atoms with Crippen molar-refractivity contribution >= 4 is 28.4 Å². The molecule has 1 amide bonds. The van der Waals surface area contributed by atoms with Crippen LogP contribution >= 0.6 is 11.8 Å². The van der Waals surface area contributed by atoms with Crippen molar-refractivity contribution in [2.24, 2.45) is 0 Å². The van der Waals surface area contributed by atoms with Gasteiger partial charge in [0.25, 0.3) is 5.91 Å². The number of benzene rings is 2. The zero-order valence-corrected chi connectivity index (χ0v) is 12.7. The van der Waals surface area contributed by atoms with Gasteiger partial charge in [0, 0.05) is 17.2 Å². The predicted molar refractivity (Wildman–Crippen MR) is 88.0 cm³/mol. The third kappa shape index (κ3) is 3.16. The Morgan fingerprint density at radius 2 is 2.10 bits per heavy atom. The summed E-state index contributed by atoms with van der Waals surface area (Å²) in [5.74, 6) is 1.06. The van der Waals surface area contributed by atoms with Crippen molar-refractivity contribution in [3.63, 3.8) is 0 Å². The van der Waals surface area contributed by atoms with Gasteiger partial charge in [-0.05, 0) is 30.0 Å². The number of fused-ring (bicyclic) bond motifs is 1. The molecule has 3 rings (SSSR count). The number of carbonyl (C=O) groups excluding carboxylic acids is 1. The number of thioether (sulfide) groups is 1. The van der Waals surface area contributed by atoms with Crippen LogP contribution in [0.3, 0.4) is 0 Å². The maximum Gasteiger partial charge on any atom is 0.255 e. The largest absolute Gasteiger partial charge is 0.506 e. The van der Waals surface area contributed by atoms with E-state index in [4.69, 9.17) is 0 Å². The van der Waals surface area contributed by atoms with Crippen molar-refractivity contribution in [3.05, 3.63) is 42.0 Å². The van der Waals surface area contributed by atoms with Gasteiger partial charge in [0.15, 0.2) is 0 Å². The summed E-state index contributed by atoms with van der Waals surface area (Å²) < 4.78 is 0. The lowest BCUT2D eigenvalue weighted by Crippen LogP contribution is -2.31. The summed E-state index contributed by atoms with van der Waals surface area (Å²) in [4.78, 5) is 12.3. The van der Waals surface area contributed by atoms with E-state index in [0.717, 1.165) is 17.2 Å². The fourth-order valence-electron chi connectivity index (χ4n) is 2.71. The molecule has 2 aromatic rings. The first-order valence-electron chi connectivity index (χ1n) is 7.36. The zero-order valence-electron chi connectivity index (χ0n) is 11.8. The number of hydrogen-bond donors (Lipinski definition) is 2. The van der Waals surface area contributed by atoms with Gasteiger partial charge in [0.05, 0.1) is 5.56 Å². The standard InChI is InChI=1S/C17H19NO2S/c19-16-14-7-2-1-5-12(14)8-9-15(16)17(20)18-11-13-6-3-4-10-21-13/h1-2,5,7-9,13,19H,3-4,6,10-11H2,(H,18,20). The van der Waals surface area contributed by atoms with Crippen LogP contribution in [-0.4, -0.2) is 28.6 Å². The maximum atomic E-state index is 12.3. The molecule has 3 nitrogen and oxygen atoms in total.